The van der Waals surface area contributed by atoms with E-state index in [-0.39, 0.29) is 6.61 Å². The summed E-state index contributed by atoms with van der Waals surface area (Å²) in [7, 11) is 0. The van der Waals surface area contributed by atoms with Gasteiger partial charge in [0.1, 0.15) is 0 Å². The maximum atomic E-state index is 11.9. The van der Waals surface area contributed by atoms with Crippen LogP contribution < -0.4 is 4.90 Å². The fourth-order valence-corrected chi connectivity index (χ4v) is 3.72. The third-order valence-corrected chi connectivity index (χ3v) is 4.88. The zero-order valence-electron chi connectivity index (χ0n) is 13.4. The monoisotopic (exact) mass is 317 g/mol. The standard InChI is InChI=1S/C21H19NO2/c23-13-18-11-16-6-3-4-8-19(16)20(14-24)21(18)22-10-9-15-5-1-2-7-17(15)12-22/h1-8,11,14,23H,9-10,12-13H2. The summed E-state index contributed by atoms with van der Waals surface area (Å²) < 4.78 is 0. The lowest BCUT2D eigenvalue weighted by molar-refractivity contribution is 0.112. The van der Waals surface area contributed by atoms with E-state index in [0.717, 1.165) is 47.8 Å². The van der Waals surface area contributed by atoms with Gasteiger partial charge in [-0.25, -0.2) is 0 Å². The molecule has 4 rings (SSSR count). The first-order valence-electron chi connectivity index (χ1n) is 8.24. The lowest BCUT2D eigenvalue weighted by Crippen LogP contribution is -2.32. The lowest BCUT2D eigenvalue weighted by atomic mass is 9.94. The second-order valence-corrected chi connectivity index (χ2v) is 6.24. The van der Waals surface area contributed by atoms with Crippen LogP contribution in [0.2, 0.25) is 0 Å². The minimum absolute atomic E-state index is 0.0703. The number of benzene rings is 3. The molecule has 24 heavy (non-hydrogen) atoms. The van der Waals surface area contributed by atoms with Gasteiger partial charge in [0.2, 0.25) is 0 Å². The normalized spacial score (nSPS) is 13.8. The molecule has 0 aliphatic carbocycles. The molecule has 0 amide bonds. The number of nitrogens with zero attached hydrogens (tertiary/aromatic N) is 1. The summed E-state index contributed by atoms with van der Waals surface area (Å²) in [6, 6.07) is 18.3. The maximum absolute atomic E-state index is 11.9. The Labute approximate surface area is 141 Å². The highest BCUT2D eigenvalue weighted by Gasteiger charge is 2.22. The number of aliphatic hydroxyl groups is 1. The number of hydrogen-bond donors (Lipinski definition) is 1. The van der Waals surface area contributed by atoms with Gasteiger partial charge in [-0.15, -0.1) is 0 Å². The van der Waals surface area contributed by atoms with Crippen molar-refractivity contribution in [2.45, 2.75) is 19.6 Å². The number of carbonyl (C=O) groups excluding carboxylic acids is 1. The van der Waals surface area contributed by atoms with Crippen molar-refractivity contribution in [3.63, 3.8) is 0 Å². The van der Waals surface area contributed by atoms with Crippen molar-refractivity contribution in [2.75, 3.05) is 11.4 Å². The largest absolute Gasteiger partial charge is 0.392 e. The van der Waals surface area contributed by atoms with Gasteiger partial charge in [-0.2, -0.15) is 0 Å². The van der Waals surface area contributed by atoms with Crippen molar-refractivity contribution in [1.29, 1.82) is 0 Å². The van der Waals surface area contributed by atoms with Crippen LogP contribution >= 0.6 is 0 Å². The number of carbonyl (C=O) groups is 1. The third kappa shape index (κ3) is 2.38. The molecule has 0 spiro atoms. The summed E-state index contributed by atoms with van der Waals surface area (Å²) >= 11 is 0. The number of aliphatic hydroxyl groups excluding tert-OH is 1. The van der Waals surface area contributed by atoms with Crippen molar-refractivity contribution in [3.05, 3.63) is 76.9 Å². The van der Waals surface area contributed by atoms with Crippen LogP contribution in [0.5, 0.6) is 0 Å². The highest BCUT2D eigenvalue weighted by molar-refractivity contribution is 6.04. The van der Waals surface area contributed by atoms with Crippen LogP contribution in [0, 0.1) is 0 Å². The first kappa shape index (κ1) is 14.9. The van der Waals surface area contributed by atoms with E-state index in [9.17, 15) is 9.90 Å². The smallest absolute Gasteiger partial charge is 0.152 e. The molecular formula is C21H19NO2. The van der Waals surface area contributed by atoms with E-state index in [1.165, 1.54) is 11.1 Å². The molecule has 3 aromatic carbocycles. The Morgan fingerprint density at radius 2 is 1.79 bits per heavy atom. The SMILES string of the molecule is O=Cc1c(N2CCc3ccccc3C2)c(CO)cc2ccccc12. The minimum Gasteiger partial charge on any atom is -0.392 e. The minimum atomic E-state index is -0.0703. The Bertz CT molecular complexity index is 917. The first-order chi connectivity index (χ1) is 11.8. The van der Waals surface area contributed by atoms with Gasteiger partial charge in [-0.05, 0) is 34.4 Å². The predicted octanol–water partition coefficient (Wildman–Crippen LogP) is 3.71. The molecule has 1 aliphatic heterocycles. The summed E-state index contributed by atoms with van der Waals surface area (Å²) in [6.07, 6.45) is 1.88. The molecule has 1 aliphatic rings. The van der Waals surface area contributed by atoms with Gasteiger partial charge >= 0.3 is 0 Å². The summed E-state index contributed by atoms with van der Waals surface area (Å²) in [5.41, 5.74) is 5.03. The predicted molar refractivity (Wildman–Crippen MR) is 96.5 cm³/mol. The average molecular weight is 317 g/mol. The van der Waals surface area contributed by atoms with Crippen molar-refractivity contribution in [3.8, 4) is 0 Å². The molecule has 0 aromatic heterocycles. The fraction of sp³-hybridized carbons (Fsp3) is 0.190. The van der Waals surface area contributed by atoms with E-state index < -0.39 is 0 Å². The van der Waals surface area contributed by atoms with Crippen molar-refractivity contribution in [1.82, 2.24) is 0 Å². The molecule has 1 N–H and O–H groups in total. The van der Waals surface area contributed by atoms with Gasteiger partial charge in [-0.1, -0.05) is 48.5 Å². The van der Waals surface area contributed by atoms with Gasteiger partial charge in [0, 0.05) is 24.2 Å². The van der Waals surface area contributed by atoms with Crippen LogP contribution in [0.3, 0.4) is 0 Å². The maximum Gasteiger partial charge on any atom is 0.152 e. The molecule has 3 heteroatoms. The number of anilines is 1. The van der Waals surface area contributed by atoms with E-state index in [1.54, 1.807) is 0 Å². The molecule has 0 bridgehead atoms. The molecule has 0 atom stereocenters. The molecule has 0 unspecified atom stereocenters. The Balaban J connectivity index is 1.88. The van der Waals surface area contributed by atoms with Crippen LogP contribution in [0.1, 0.15) is 27.0 Å². The number of aldehydes is 1. The van der Waals surface area contributed by atoms with Crippen molar-refractivity contribution >= 4 is 22.7 Å². The van der Waals surface area contributed by atoms with E-state index in [0.29, 0.717) is 5.56 Å². The quantitative estimate of drug-likeness (QED) is 0.749. The van der Waals surface area contributed by atoms with Gasteiger partial charge in [0.05, 0.1) is 12.3 Å². The van der Waals surface area contributed by atoms with E-state index in [1.807, 2.05) is 30.3 Å². The zero-order chi connectivity index (χ0) is 16.5. The van der Waals surface area contributed by atoms with Crippen LogP contribution in [-0.4, -0.2) is 17.9 Å². The fourth-order valence-electron chi connectivity index (χ4n) is 3.72. The molecule has 120 valence electrons. The Hall–Kier alpha value is -2.65. The zero-order valence-corrected chi connectivity index (χ0v) is 13.4. The Morgan fingerprint density at radius 3 is 2.58 bits per heavy atom. The lowest BCUT2D eigenvalue weighted by Gasteiger charge is -2.33. The summed E-state index contributed by atoms with van der Waals surface area (Å²) in [5.74, 6) is 0. The van der Waals surface area contributed by atoms with Crippen LogP contribution in [-0.2, 0) is 19.6 Å². The average Bonchev–Trinajstić information content (AvgIpc) is 2.65. The van der Waals surface area contributed by atoms with Crippen LogP contribution in [0.4, 0.5) is 5.69 Å². The number of fused-ring (bicyclic) bond motifs is 2. The van der Waals surface area contributed by atoms with Gasteiger partial charge < -0.3 is 10.0 Å². The van der Waals surface area contributed by atoms with Gasteiger partial charge in [0.15, 0.2) is 6.29 Å². The van der Waals surface area contributed by atoms with Crippen molar-refractivity contribution in [2.24, 2.45) is 0 Å². The van der Waals surface area contributed by atoms with E-state index in [2.05, 4.69) is 29.2 Å². The molecular weight excluding hydrogens is 298 g/mol. The van der Waals surface area contributed by atoms with E-state index in [4.69, 9.17) is 0 Å². The summed E-state index contributed by atoms with van der Waals surface area (Å²) in [6.45, 7) is 1.55. The van der Waals surface area contributed by atoms with Crippen LogP contribution in [0.25, 0.3) is 10.8 Å². The summed E-state index contributed by atoms with van der Waals surface area (Å²) in [5, 5.41) is 11.8. The van der Waals surface area contributed by atoms with Crippen LogP contribution in [0.15, 0.2) is 54.6 Å². The number of hydrogen-bond acceptors (Lipinski definition) is 3. The third-order valence-electron chi connectivity index (χ3n) is 4.88. The van der Waals surface area contributed by atoms with Gasteiger partial charge in [0.25, 0.3) is 0 Å². The van der Waals surface area contributed by atoms with E-state index >= 15 is 0 Å². The Kier molecular flexibility index (Phi) is 3.79. The molecule has 0 radical (unpaired) electrons. The van der Waals surface area contributed by atoms with Gasteiger partial charge in [-0.3, -0.25) is 4.79 Å². The molecule has 3 nitrogen and oxygen atoms in total. The number of rotatable bonds is 3. The highest BCUT2D eigenvalue weighted by atomic mass is 16.3. The Morgan fingerprint density at radius 1 is 1.04 bits per heavy atom. The molecule has 0 fully saturated rings. The highest BCUT2D eigenvalue weighted by Crippen LogP contribution is 2.35. The first-order valence-corrected chi connectivity index (χ1v) is 8.24. The second kappa shape index (κ2) is 6.10. The second-order valence-electron chi connectivity index (χ2n) is 6.24. The molecule has 0 saturated carbocycles. The molecule has 1 heterocycles. The topological polar surface area (TPSA) is 40.5 Å². The molecule has 3 aromatic rings. The van der Waals surface area contributed by atoms with Crippen molar-refractivity contribution < 1.29 is 9.90 Å². The molecule has 0 saturated heterocycles. The summed E-state index contributed by atoms with van der Waals surface area (Å²) in [4.78, 5) is 14.1.